The smallest absolute Gasteiger partial charge is 0.104 e. The van der Waals surface area contributed by atoms with Gasteiger partial charge in [0.05, 0.1) is 66.1 Å². The van der Waals surface area contributed by atoms with E-state index in [1.807, 2.05) is 0 Å². The van der Waals surface area contributed by atoms with Gasteiger partial charge in [0, 0.05) is 7.11 Å². The molecule has 2 heterocycles. The van der Waals surface area contributed by atoms with Gasteiger partial charge in [-0.05, 0) is 0 Å². The van der Waals surface area contributed by atoms with Crippen molar-refractivity contribution in [1.82, 2.24) is 0 Å². The Morgan fingerprint density at radius 1 is 0.850 bits per heavy atom. The Morgan fingerprint density at radius 2 is 1.35 bits per heavy atom. The fourth-order valence-electron chi connectivity index (χ4n) is 1.19. The fraction of sp³-hybridized carbons (Fsp3) is 1.00. The molecule has 0 spiro atoms. The second kappa shape index (κ2) is 12.5. The normalized spacial score (nSPS) is 23.1. The summed E-state index contributed by atoms with van der Waals surface area (Å²) < 4.78 is 29.9. The van der Waals surface area contributed by atoms with E-state index in [0.29, 0.717) is 45.2 Å². The van der Waals surface area contributed by atoms with Crippen molar-refractivity contribution in [2.75, 3.05) is 73.2 Å². The monoisotopic (exact) mass is 294 g/mol. The van der Waals surface area contributed by atoms with E-state index in [1.54, 1.807) is 7.11 Å². The minimum atomic E-state index is 0.0675. The molecule has 0 aromatic rings. The summed E-state index contributed by atoms with van der Waals surface area (Å²) in [6, 6.07) is 0. The van der Waals surface area contributed by atoms with Crippen LogP contribution in [0, 0.1) is 0 Å². The maximum Gasteiger partial charge on any atom is 0.104 e. The lowest BCUT2D eigenvalue weighted by Crippen LogP contribution is -2.09. The van der Waals surface area contributed by atoms with E-state index in [-0.39, 0.29) is 6.61 Å². The van der Waals surface area contributed by atoms with E-state index in [2.05, 4.69) is 0 Å². The lowest BCUT2D eigenvalue weighted by Gasteiger charge is -2.03. The summed E-state index contributed by atoms with van der Waals surface area (Å²) >= 11 is 0. The number of hydrogen-bond acceptors (Lipinski definition) is 7. The van der Waals surface area contributed by atoms with Gasteiger partial charge in [-0.25, -0.2) is 0 Å². The molecule has 20 heavy (non-hydrogen) atoms. The van der Waals surface area contributed by atoms with Crippen LogP contribution >= 0.6 is 0 Å². The van der Waals surface area contributed by atoms with Gasteiger partial charge in [0.2, 0.25) is 0 Å². The van der Waals surface area contributed by atoms with E-state index < -0.39 is 0 Å². The molecule has 2 rings (SSSR count). The predicted molar refractivity (Wildman–Crippen MR) is 70.9 cm³/mol. The SMILES string of the molecule is C(OCC1CO1)C1CO1.COCCOCCOCCO. The first kappa shape index (κ1) is 17.8. The van der Waals surface area contributed by atoms with Gasteiger partial charge in [-0.1, -0.05) is 0 Å². The van der Waals surface area contributed by atoms with Gasteiger partial charge in [0.15, 0.2) is 0 Å². The highest BCUT2D eigenvalue weighted by atomic mass is 16.6. The average Bonchev–Trinajstić information content (AvgIpc) is 3.33. The maximum absolute atomic E-state index is 8.32. The van der Waals surface area contributed by atoms with Crippen molar-refractivity contribution in [3.8, 4) is 0 Å². The summed E-state index contributed by atoms with van der Waals surface area (Å²) in [7, 11) is 1.63. The summed E-state index contributed by atoms with van der Waals surface area (Å²) in [5.41, 5.74) is 0. The highest BCUT2D eigenvalue weighted by Gasteiger charge is 2.26. The molecule has 0 saturated carbocycles. The lowest BCUT2D eigenvalue weighted by molar-refractivity contribution is 0.0159. The fourth-order valence-corrected chi connectivity index (χ4v) is 1.19. The Bertz CT molecular complexity index is 187. The molecule has 2 aliphatic rings. The molecule has 2 atom stereocenters. The van der Waals surface area contributed by atoms with E-state index in [1.165, 1.54) is 0 Å². The number of aliphatic hydroxyl groups is 1. The van der Waals surface area contributed by atoms with Crippen molar-refractivity contribution >= 4 is 0 Å². The van der Waals surface area contributed by atoms with Crippen LogP contribution in [0.4, 0.5) is 0 Å². The zero-order chi connectivity index (χ0) is 14.5. The minimum absolute atomic E-state index is 0.0675. The van der Waals surface area contributed by atoms with Crippen LogP contribution < -0.4 is 0 Å². The van der Waals surface area contributed by atoms with Crippen molar-refractivity contribution in [3.63, 3.8) is 0 Å². The van der Waals surface area contributed by atoms with Crippen LogP contribution in [0.2, 0.25) is 0 Å². The molecule has 0 aliphatic carbocycles. The number of rotatable bonds is 12. The molecular weight excluding hydrogens is 268 g/mol. The molecule has 0 bridgehead atoms. The molecule has 0 aromatic heterocycles. The Labute approximate surface area is 120 Å². The molecule has 0 radical (unpaired) electrons. The van der Waals surface area contributed by atoms with Gasteiger partial charge < -0.3 is 33.5 Å². The van der Waals surface area contributed by atoms with Crippen molar-refractivity contribution in [2.45, 2.75) is 12.2 Å². The third-order valence-electron chi connectivity index (χ3n) is 2.45. The Morgan fingerprint density at radius 3 is 1.80 bits per heavy atom. The number of aliphatic hydroxyl groups excluding tert-OH is 1. The molecule has 2 fully saturated rings. The molecule has 2 unspecified atom stereocenters. The first-order valence-electron chi connectivity index (χ1n) is 6.93. The largest absolute Gasteiger partial charge is 0.394 e. The lowest BCUT2D eigenvalue weighted by atomic mass is 10.5. The van der Waals surface area contributed by atoms with Crippen molar-refractivity contribution < 1.29 is 33.5 Å². The van der Waals surface area contributed by atoms with Crippen LogP contribution in [0.5, 0.6) is 0 Å². The molecule has 7 nitrogen and oxygen atoms in total. The third kappa shape index (κ3) is 12.7. The van der Waals surface area contributed by atoms with Gasteiger partial charge >= 0.3 is 0 Å². The highest BCUT2D eigenvalue weighted by molar-refractivity contribution is 4.71. The Balaban J connectivity index is 0.000000202. The zero-order valence-corrected chi connectivity index (χ0v) is 12.1. The maximum atomic E-state index is 8.32. The topological polar surface area (TPSA) is 82.2 Å². The first-order chi connectivity index (χ1) is 9.86. The third-order valence-corrected chi connectivity index (χ3v) is 2.45. The quantitative estimate of drug-likeness (QED) is 0.382. The van der Waals surface area contributed by atoms with Crippen molar-refractivity contribution in [1.29, 1.82) is 0 Å². The van der Waals surface area contributed by atoms with Gasteiger partial charge in [-0.2, -0.15) is 0 Å². The average molecular weight is 294 g/mol. The molecule has 120 valence electrons. The molecule has 2 aliphatic heterocycles. The number of ether oxygens (including phenoxy) is 6. The Kier molecular flexibility index (Phi) is 11.1. The van der Waals surface area contributed by atoms with Crippen LogP contribution in [-0.4, -0.2) is 90.5 Å². The molecule has 1 N–H and O–H groups in total. The Hall–Kier alpha value is -0.280. The summed E-state index contributed by atoms with van der Waals surface area (Å²) in [4.78, 5) is 0. The number of epoxide rings is 2. The van der Waals surface area contributed by atoms with Crippen LogP contribution in [-0.2, 0) is 28.4 Å². The predicted octanol–water partition coefficient (Wildman–Crippen LogP) is -0.541. The van der Waals surface area contributed by atoms with Crippen LogP contribution in [0.25, 0.3) is 0 Å². The molecule has 0 amide bonds. The van der Waals surface area contributed by atoms with Crippen LogP contribution in [0.15, 0.2) is 0 Å². The summed E-state index contributed by atoms with van der Waals surface area (Å²) in [6.45, 7) is 6.01. The van der Waals surface area contributed by atoms with E-state index >= 15 is 0 Å². The number of hydrogen-bond donors (Lipinski definition) is 1. The highest BCUT2D eigenvalue weighted by Crippen LogP contribution is 2.12. The zero-order valence-electron chi connectivity index (χ0n) is 12.1. The summed E-state index contributed by atoms with van der Waals surface area (Å²) in [5.74, 6) is 0. The van der Waals surface area contributed by atoms with Crippen molar-refractivity contribution in [2.24, 2.45) is 0 Å². The minimum Gasteiger partial charge on any atom is -0.394 e. The summed E-state index contributed by atoms with van der Waals surface area (Å²) in [6.07, 6.45) is 0.785. The van der Waals surface area contributed by atoms with E-state index in [4.69, 9.17) is 33.5 Å². The standard InChI is InChI=1S/C7H16O4.C6H10O3/c1-9-4-5-11-7-6-10-3-2-8;1(5-3-8-5)7-2-6-4-9-6/h8H,2-7H2,1H3;5-6H,1-4H2. The van der Waals surface area contributed by atoms with Gasteiger partial charge in [-0.3, -0.25) is 0 Å². The van der Waals surface area contributed by atoms with Gasteiger partial charge in [0.1, 0.15) is 12.2 Å². The van der Waals surface area contributed by atoms with Crippen LogP contribution in [0.3, 0.4) is 0 Å². The van der Waals surface area contributed by atoms with Crippen molar-refractivity contribution in [3.05, 3.63) is 0 Å². The molecular formula is C13H26O7. The second-order valence-electron chi connectivity index (χ2n) is 4.39. The first-order valence-corrected chi connectivity index (χ1v) is 6.93. The van der Waals surface area contributed by atoms with Gasteiger partial charge in [0.25, 0.3) is 0 Å². The van der Waals surface area contributed by atoms with Gasteiger partial charge in [-0.15, -0.1) is 0 Å². The molecule has 7 heteroatoms. The van der Waals surface area contributed by atoms with E-state index in [0.717, 1.165) is 26.4 Å². The van der Waals surface area contributed by atoms with E-state index in [9.17, 15) is 0 Å². The second-order valence-corrected chi connectivity index (χ2v) is 4.39. The molecule has 2 saturated heterocycles. The van der Waals surface area contributed by atoms with Crippen LogP contribution in [0.1, 0.15) is 0 Å². The number of methoxy groups -OCH3 is 1. The summed E-state index contributed by atoms with van der Waals surface area (Å²) in [5, 5.41) is 8.32. The molecule has 0 aromatic carbocycles.